The lowest BCUT2D eigenvalue weighted by atomic mass is 10.2. The number of rotatable bonds is 7. The van der Waals surface area contributed by atoms with Crippen molar-refractivity contribution in [2.75, 3.05) is 5.32 Å². The van der Waals surface area contributed by atoms with Crippen molar-refractivity contribution in [2.24, 2.45) is 0 Å². The average Bonchev–Trinajstić information content (AvgIpc) is 3.37. The maximum Gasteiger partial charge on any atom is 0.277 e. The SMILES string of the molecule is Cc1cc(OCn2ccc(C(=O)Nc3cc(C)n(Cc4ccccc4F)n3)n2)ccc1Cl. The Bertz CT molecular complexity index is 1270. The Balaban J connectivity index is 1.38. The van der Waals surface area contributed by atoms with E-state index in [1.165, 1.54) is 10.7 Å². The first-order chi connectivity index (χ1) is 15.4. The van der Waals surface area contributed by atoms with Crippen molar-refractivity contribution in [1.29, 1.82) is 0 Å². The van der Waals surface area contributed by atoms with Crippen LogP contribution in [-0.4, -0.2) is 25.5 Å². The van der Waals surface area contributed by atoms with Gasteiger partial charge in [-0.3, -0.25) is 9.48 Å². The first kappa shape index (κ1) is 21.6. The van der Waals surface area contributed by atoms with Crippen molar-refractivity contribution >= 4 is 23.3 Å². The number of nitrogens with zero attached hydrogens (tertiary/aromatic N) is 4. The number of hydrogen-bond acceptors (Lipinski definition) is 4. The Morgan fingerprint density at radius 1 is 1.12 bits per heavy atom. The van der Waals surface area contributed by atoms with Gasteiger partial charge in [0.1, 0.15) is 11.6 Å². The molecule has 4 rings (SSSR count). The van der Waals surface area contributed by atoms with Crippen LogP contribution in [0.1, 0.15) is 27.3 Å². The van der Waals surface area contributed by atoms with Crippen LogP contribution in [0.4, 0.5) is 10.2 Å². The second-order valence-electron chi connectivity index (χ2n) is 7.30. The zero-order chi connectivity index (χ0) is 22.7. The molecule has 4 aromatic rings. The lowest BCUT2D eigenvalue weighted by Gasteiger charge is -2.07. The molecule has 0 unspecified atom stereocenters. The molecule has 0 saturated carbocycles. The number of amides is 1. The van der Waals surface area contributed by atoms with E-state index in [0.29, 0.717) is 22.2 Å². The molecule has 0 saturated heterocycles. The number of ether oxygens (including phenoxy) is 1. The Kier molecular flexibility index (Phi) is 6.23. The summed E-state index contributed by atoms with van der Waals surface area (Å²) < 4.78 is 22.8. The van der Waals surface area contributed by atoms with Gasteiger partial charge >= 0.3 is 0 Å². The number of hydrogen-bond donors (Lipinski definition) is 1. The molecule has 164 valence electrons. The highest BCUT2D eigenvalue weighted by Crippen LogP contribution is 2.21. The number of carbonyl (C=O) groups is 1. The van der Waals surface area contributed by atoms with Gasteiger partial charge in [0.2, 0.25) is 0 Å². The fourth-order valence-corrected chi connectivity index (χ4v) is 3.22. The molecule has 9 heteroatoms. The van der Waals surface area contributed by atoms with E-state index in [-0.39, 0.29) is 24.8 Å². The monoisotopic (exact) mass is 453 g/mol. The van der Waals surface area contributed by atoms with Crippen molar-refractivity contribution in [3.05, 3.63) is 94.1 Å². The Hall–Kier alpha value is -3.65. The number of anilines is 1. The van der Waals surface area contributed by atoms with Crippen molar-refractivity contribution in [3.8, 4) is 5.75 Å². The lowest BCUT2D eigenvalue weighted by Crippen LogP contribution is -2.15. The van der Waals surface area contributed by atoms with Crippen molar-refractivity contribution in [1.82, 2.24) is 19.6 Å². The normalized spacial score (nSPS) is 10.9. The molecule has 0 atom stereocenters. The van der Waals surface area contributed by atoms with E-state index in [0.717, 1.165) is 11.3 Å². The summed E-state index contributed by atoms with van der Waals surface area (Å²) in [7, 11) is 0. The van der Waals surface area contributed by atoms with E-state index in [4.69, 9.17) is 16.3 Å². The molecule has 2 aromatic heterocycles. The third-order valence-corrected chi connectivity index (χ3v) is 5.29. The molecular formula is C23H21ClFN5O2. The smallest absolute Gasteiger partial charge is 0.277 e. The Morgan fingerprint density at radius 3 is 2.72 bits per heavy atom. The lowest BCUT2D eigenvalue weighted by molar-refractivity contribution is 0.101. The molecule has 1 amide bonds. The van der Waals surface area contributed by atoms with E-state index in [2.05, 4.69) is 15.5 Å². The minimum atomic E-state index is -0.401. The average molecular weight is 454 g/mol. The third-order valence-electron chi connectivity index (χ3n) is 4.87. The van der Waals surface area contributed by atoms with Gasteiger partial charge in [0.25, 0.3) is 5.91 Å². The summed E-state index contributed by atoms with van der Waals surface area (Å²) in [4.78, 5) is 12.6. The molecule has 0 fully saturated rings. The summed E-state index contributed by atoms with van der Waals surface area (Å²) in [5.41, 5.74) is 2.45. The summed E-state index contributed by atoms with van der Waals surface area (Å²) in [6, 6.07) is 15.2. The van der Waals surface area contributed by atoms with Gasteiger partial charge in [0.05, 0.1) is 6.54 Å². The van der Waals surface area contributed by atoms with Crippen LogP contribution in [0, 0.1) is 19.7 Å². The Labute approximate surface area is 189 Å². The summed E-state index contributed by atoms with van der Waals surface area (Å²) in [5.74, 6) is 0.326. The van der Waals surface area contributed by atoms with E-state index in [9.17, 15) is 9.18 Å². The molecule has 0 aliphatic heterocycles. The molecule has 1 N–H and O–H groups in total. The van der Waals surface area contributed by atoms with Gasteiger partial charge in [-0.05, 0) is 49.7 Å². The summed E-state index contributed by atoms with van der Waals surface area (Å²) in [5, 5.41) is 12.0. The van der Waals surface area contributed by atoms with E-state index in [1.807, 2.05) is 19.9 Å². The number of nitrogens with one attached hydrogen (secondary N) is 1. The fraction of sp³-hybridized carbons (Fsp3) is 0.174. The first-order valence-corrected chi connectivity index (χ1v) is 10.3. The van der Waals surface area contributed by atoms with E-state index in [1.54, 1.807) is 53.3 Å². The topological polar surface area (TPSA) is 74.0 Å². The van der Waals surface area contributed by atoms with Crippen LogP contribution in [0.25, 0.3) is 0 Å². The molecule has 0 aliphatic rings. The van der Waals surface area contributed by atoms with E-state index < -0.39 is 5.91 Å². The summed E-state index contributed by atoms with van der Waals surface area (Å²) in [6.07, 6.45) is 1.65. The zero-order valence-electron chi connectivity index (χ0n) is 17.5. The van der Waals surface area contributed by atoms with E-state index >= 15 is 0 Å². The fourth-order valence-electron chi connectivity index (χ4n) is 3.10. The molecule has 0 radical (unpaired) electrons. The van der Waals surface area contributed by atoms with Crippen LogP contribution in [0.3, 0.4) is 0 Å². The van der Waals surface area contributed by atoms with Crippen LogP contribution in [0.5, 0.6) is 5.75 Å². The van der Waals surface area contributed by atoms with Gasteiger partial charge < -0.3 is 10.1 Å². The Morgan fingerprint density at radius 2 is 1.94 bits per heavy atom. The maximum absolute atomic E-state index is 13.9. The molecular weight excluding hydrogens is 433 g/mol. The number of carbonyl (C=O) groups excluding carboxylic acids is 1. The van der Waals surface area contributed by atoms with Gasteiger partial charge in [0.15, 0.2) is 18.2 Å². The van der Waals surface area contributed by atoms with Crippen molar-refractivity contribution < 1.29 is 13.9 Å². The number of aromatic nitrogens is 4. The van der Waals surface area contributed by atoms with Crippen LogP contribution in [0.2, 0.25) is 5.02 Å². The molecule has 0 aliphatic carbocycles. The summed E-state index contributed by atoms with van der Waals surface area (Å²) >= 11 is 6.02. The minimum absolute atomic E-state index is 0.144. The van der Waals surface area contributed by atoms with Crippen molar-refractivity contribution in [3.63, 3.8) is 0 Å². The molecule has 7 nitrogen and oxygen atoms in total. The van der Waals surface area contributed by atoms with Crippen molar-refractivity contribution in [2.45, 2.75) is 27.1 Å². The second-order valence-corrected chi connectivity index (χ2v) is 7.71. The van der Waals surface area contributed by atoms with Crippen LogP contribution in [0.15, 0.2) is 60.8 Å². The maximum atomic E-state index is 13.9. The molecule has 2 aromatic carbocycles. The van der Waals surface area contributed by atoms with Gasteiger partial charge in [-0.2, -0.15) is 10.2 Å². The first-order valence-electron chi connectivity index (χ1n) is 9.90. The van der Waals surface area contributed by atoms with Gasteiger partial charge in [0, 0.05) is 28.5 Å². The highest BCUT2D eigenvalue weighted by atomic mass is 35.5. The quantitative estimate of drug-likeness (QED) is 0.435. The van der Waals surface area contributed by atoms with Crippen LogP contribution < -0.4 is 10.1 Å². The highest BCUT2D eigenvalue weighted by Gasteiger charge is 2.14. The molecule has 0 spiro atoms. The number of aryl methyl sites for hydroxylation is 2. The van der Waals surface area contributed by atoms with Gasteiger partial charge in [-0.15, -0.1) is 0 Å². The number of benzene rings is 2. The predicted octanol–water partition coefficient (Wildman–Crippen LogP) is 4.83. The van der Waals surface area contributed by atoms with Gasteiger partial charge in [-0.25, -0.2) is 9.07 Å². The highest BCUT2D eigenvalue weighted by molar-refractivity contribution is 6.31. The third kappa shape index (κ3) is 4.97. The summed E-state index contributed by atoms with van der Waals surface area (Å²) in [6.45, 7) is 4.15. The predicted molar refractivity (Wildman–Crippen MR) is 119 cm³/mol. The second kappa shape index (κ2) is 9.23. The standard InChI is InChI=1S/C23H21ClFN5O2/c1-15-11-18(7-8-19(15)24)32-14-29-10-9-21(27-29)23(31)26-22-12-16(2)30(28-22)13-17-5-3-4-6-20(17)25/h3-12H,13-14H2,1-2H3,(H,26,28,31). The zero-order valence-corrected chi connectivity index (χ0v) is 18.3. The van der Waals surface area contributed by atoms with Crippen LogP contribution in [-0.2, 0) is 13.3 Å². The largest absolute Gasteiger partial charge is 0.471 e. The number of halogens is 2. The molecule has 2 heterocycles. The molecule has 32 heavy (non-hydrogen) atoms. The minimum Gasteiger partial charge on any atom is -0.471 e. The molecule has 0 bridgehead atoms. The van der Waals surface area contributed by atoms with Crippen LogP contribution >= 0.6 is 11.6 Å². The van der Waals surface area contributed by atoms with Gasteiger partial charge in [-0.1, -0.05) is 29.8 Å².